The fourth-order valence-electron chi connectivity index (χ4n) is 1.28. The SMILES string of the molecule is CCCNS(=O)(=O)c1cc(N)c(OC)c(F)c1. The van der Waals surface area contributed by atoms with Crippen LogP contribution in [0.4, 0.5) is 10.1 Å². The maximum Gasteiger partial charge on any atom is 0.240 e. The number of anilines is 1. The number of benzene rings is 1. The van der Waals surface area contributed by atoms with E-state index in [9.17, 15) is 12.8 Å². The topological polar surface area (TPSA) is 81.4 Å². The van der Waals surface area contributed by atoms with Crippen LogP contribution in [0.15, 0.2) is 17.0 Å². The number of ether oxygens (including phenoxy) is 1. The van der Waals surface area contributed by atoms with Crippen LogP contribution in [0.1, 0.15) is 13.3 Å². The Morgan fingerprint density at radius 2 is 2.12 bits per heavy atom. The van der Waals surface area contributed by atoms with E-state index in [2.05, 4.69) is 4.72 Å². The highest BCUT2D eigenvalue weighted by atomic mass is 32.2. The molecule has 3 N–H and O–H groups in total. The van der Waals surface area contributed by atoms with Crippen LogP contribution in [-0.2, 0) is 10.0 Å². The second-order valence-electron chi connectivity index (χ2n) is 3.43. The molecule has 7 heteroatoms. The number of nitrogen functional groups attached to an aromatic ring is 1. The molecule has 0 aliphatic rings. The highest BCUT2D eigenvalue weighted by Gasteiger charge is 2.18. The quantitative estimate of drug-likeness (QED) is 0.779. The molecule has 0 amide bonds. The highest BCUT2D eigenvalue weighted by molar-refractivity contribution is 7.89. The fraction of sp³-hybridized carbons (Fsp3) is 0.400. The fourth-order valence-corrected chi connectivity index (χ4v) is 2.46. The van der Waals surface area contributed by atoms with Crippen LogP contribution in [0.25, 0.3) is 0 Å². The summed E-state index contributed by atoms with van der Waals surface area (Å²) in [6.45, 7) is 2.11. The summed E-state index contributed by atoms with van der Waals surface area (Å²) >= 11 is 0. The molecule has 0 aliphatic carbocycles. The lowest BCUT2D eigenvalue weighted by atomic mass is 10.3. The number of nitrogens with one attached hydrogen (secondary N) is 1. The summed E-state index contributed by atoms with van der Waals surface area (Å²) in [5.74, 6) is -0.955. The molecule has 0 saturated heterocycles. The number of methoxy groups -OCH3 is 1. The van der Waals surface area contributed by atoms with E-state index < -0.39 is 15.8 Å². The van der Waals surface area contributed by atoms with Crippen LogP contribution in [0, 0.1) is 5.82 Å². The lowest BCUT2D eigenvalue weighted by Gasteiger charge is -2.10. The lowest BCUT2D eigenvalue weighted by molar-refractivity contribution is 0.388. The Morgan fingerprint density at radius 1 is 1.47 bits per heavy atom. The Balaban J connectivity index is 3.16. The van der Waals surface area contributed by atoms with Crippen molar-refractivity contribution in [2.24, 2.45) is 0 Å². The van der Waals surface area contributed by atoms with Crippen LogP contribution < -0.4 is 15.2 Å². The van der Waals surface area contributed by atoms with E-state index in [1.807, 2.05) is 6.92 Å². The molecule has 0 spiro atoms. The average Bonchev–Trinajstić information content (AvgIpc) is 2.26. The first kappa shape index (κ1) is 13.7. The third-order valence-corrected chi connectivity index (χ3v) is 3.54. The van der Waals surface area contributed by atoms with Gasteiger partial charge in [-0.3, -0.25) is 0 Å². The minimum absolute atomic E-state index is 0.0515. The maximum absolute atomic E-state index is 13.5. The Labute approximate surface area is 99.8 Å². The molecule has 0 bridgehead atoms. The van der Waals surface area contributed by atoms with Crippen LogP contribution in [0.5, 0.6) is 5.75 Å². The Morgan fingerprint density at radius 3 is 2.59 bits per heavy atom. The van der Waals surface area contributed by atoms with E-state index in [4.69, 9.17) is 10.5 Å². The molecule has 0 saturated carbocycles. The van der Waals surface area contributed by atoms with E-state index in [0.29, 0.717) is 6.42 Å². The number of rotatable bonds is 5. The zero-order valence-corrected chi connectivity index (χ0v) is 10.5. The van der Waals surface area contributed by atoms with E-state index in [1.54, 1.807) is 0 Å². The zero-order chi connectivity index (χ0) is 13.1. The van der Waals surface area contributed by atoms with Crippen molar-refractivity contribution in [3.8, 4) is 5.75 Å². The molecule has 0 atom stereocenters. The first-order chi connectivity index (χ1) is 7.92. The summed E-state index contributed by atoms with van der Waals surface area (Å²) in [4.78, 5) is -0.207. The average molecular weight is 262 g/mol. The molecular formula is C10H15FN2O3S. The number of hydrogen-bond donors (Lipinski definition) is 2. The summed E-state index contributed by atoms with van der Waals surface area (Å²) in [6, 6.07) is 2.05. The summed E-state index contributed by atoms with van der Waals surface area (Å²) in [5, 5.41) is 0. The molecule has 5 nitrogen and oxygen atoms in total. The molecular weight excluding hydrogens is 247 g/mol. The molecule has 0 heterocycles. The van der Waals surface area contributed by atoms with Gasteiger partial charge in [0, 0.05) is 6.54 Å². The minimum atomic E-state index is -3.72. The third kappa shape index (κ3) is 3.07. The van der Waals surface area contributed by atoms with Crippen molar-refractivity contribution < 1.29 is 17.5 Å². The molecule has 0 aliphatic heterocycles. The molecule has 17 heavy (non-hydrogen) atoms. The molecule has 0 unspecified atom stereocenters. The van der Waals surface area contributed by atoms with Gasteiger partial charge in [-0.25, -0.2) is 17.5 Å². The molecule has 0 aromatic heterocycles. The van der Waals surface area contributed by atoms with Crippen molar-refractivity contribution in [1.82, 2.24) is 4.72 Å². The Kier molecular flexibility index (Phi) is 4.30. The molecule has 0 radical (unpaired) electrons. The van der Waals surface area contributed by atoms with Crippen molar-refractivity contribution in [2.75, 3.05) is 19.4 Å². The lowest BCUT2D eigenvalue weighted by Crippen LogP contribution is -2.24. The minimum Gasteiger partial charge on any atom is -0.492 e. The number of halogens is 1. The first-order valence-electron chi connectivity index (χ1n) is 5.05. The monoisotopic (exact) mass is 262 g/mol. The maximum atomic E-state index is 13.5. The van der Waals surface area contributed by atoms with Crippen LogP contribution in [-0.4, -0.2) is 22.1 Å². The van der Waals surface area contributed by atoms with Gasteiger partial charge in [0.2, 0.25) is 10.0 Å². The van der Waals surface area contributed by atoms with E-state index >= 15 is 0 Å². The predicted molar refractivity (Wildman–Crippen MR) is 62.8 cm³/mol. The van der Waals surface area contributed by atoms with Gasteiger partial charge < -0.3 is 10.5 Å². The van der Waals surface area contributed by atoms with Crippen molar-refractivity contribution in [3.63, 3.8) is 0 Å². The van der Waals surface area contributed by atoms with Gasteiger partial charge in [0.25, 0.3) is 0 Å². The van der Waals surface area contributed by atoms with Gasteiger partial charge in [0.1, 0.15) is 0 Å². The predicted octanol–water partition coefficient (Wildman–Crippen LogP) is 1.10. The van der Waals surface area contributed by atoms with Gasteiger partial charge in [-0.15, -0.1) is 0 Å². The van der Waals surface area contributed by atoms with Gasteiger partial charge in [0.15, 0.2) is 11.6 Å². The Bertz CT molecular complexity index is 479. The van der Waals surface area contributed by atoms with Crippen LogP contribution >= 0.6 is 0 Å². The van der Waals surface area contributed by atoms with Crippen molar-refractivity contribution in [3.05, 3.63) is 17.9 Å². The normalized spacial score (nSPS) is 11.5. The molecule has 96 valence electrons. The number of sulfonamides is 1. The second-order valence-corrected chi connectivity index (χ2v) is 5.19. The largest absolute Gasteiger partial charge is 0.492 e. The first-order valence-corrected chi connectivity index (χ1v) is 6.53. The van der Waals surface area contributed by atoms with Gasteiger partial charge in [-0.1, -0.05) is 6.92 Å². The second kappa shape index (κ2) is 5.33. The molecule has 0 fully saturated rings. The van der Waals surface area contributed by atoms with Crippen molar-refractivity contribution >= 4 is 15.7 Å². The van der Waals surface area contributed by atoms with Gasteiger partial charge in [-0.05, 0) is 18.6 Å². The van der Waals surface area contributed by atoms with Gasteiger partial charge in [-0.2, -0.15) is 0 Å². The third-order valence-electron chi connectivity index (χ3n) is 2.10. The summed E-state index contributed by atoms with van der Waals surface area (Å²) in [7, 11) is -2.46. The molecule has 1 aromatic rings. The van der Waals surface area contributed by atoms with E-state index in [-0.39, 0.29) is 22.9 Å². The van der Waals surface area contributed by atoms with Gasteiger partial charge in [0.05, 0.1) is 17.7 Å². The summed E-state index contributed by atoms with van der Waals surface area (Å²) < 4.78 is 43.9. The Hall–Kier alpha value is -1.34. The molecule has 1 aromatic carbocycles. The van der Waals surface area contributed by atoms with Crippen LogP contribution in [0.2, 0.25) is 0 Å². The smallest absolute Gasteiger partial charge is 0.240 e. The van der Waals surface area contributed by atoms with Crippen LogP contribution in [0.3, 0.4) is 0 Å². The summed E-state index contributed by atoms with van der Waals surface area (Å²) in [6.07, 6.45) is 0.646. The standard InChI is InChI=1S/C10H15FN2O3S/c1-3-4-13-17(14,15)7-5-8(11)10(16-2)9(12)6-7/h5-6,13H,3-4,12H2,1-2H3. The number of hydrogen-bond acceptors (Lipinski definition) is 4. The highest BCUT2D eigenvalue weighted by Crippen LogP contribution is 2.28. The van der Waals surface area contributed by atoms with Gasteiger partial charge >= 0.3 is 0 Å². The van der Waals surface area contributed by atoms with Crippen molar-refractivity contribution in [2.45, 2.75) is 18.2 Å². The molecule has 1 rings (SSSR count). The van der Waals surface area contributed by atoms with Crippen molar-refractivity contribution in [1.29, 1.82) is 0 Å². The number of nitrogens with two attached hydrogens (primary N) is 1. The summed E-state index contributed by atoms with van der Waals surface area (Å²) in [5.41, 5.74) is 5.45. The van der Waals surface area contributed by atoms with E-state index in [1.165, 1.54) is 13.2 Å². The zero-order valence-electron chi connectivity index (χ0n) is 9.66. The van der Waals surface area contributed by atoms with E-state index in [0.717, 1.165) is 6.07 Å².